The Balaban J connectivity index is 1.35. The van der Waals surface area contributed by atoms with Crippen molar-refractivity contribution in [3.8, 4) is 0 Å². The smallest absolute Gasteiger partial charge is 0.267 e. The van der Waals surface area contributed by atoms with Crippen molar-refractivity contribution < 1.29 is 4.79 Å². The van der Waals surface area contributed by atoms with E-state index in [0.717, 1.165) is 44.6 Å². The highest BCUT2D eigenvalue weighted by Crippen LogP contribution is 2.17. The Morgan fingerprint density at radius 2 is 1.92 bits per heavy atom. The lowest BCUT2D eigenvalue weighted by Crippen LogP contribution is -2.39. The highest BCUT2D eigenvalue weighted by Gasteiger charge is 2.20. The largest absolute Gasteiger partial charge is 0.356 e. The van der Waals surface area contributed by atoms with E-state index in [1.54, 1.807) is 6.92 Å². The fourth-order valence-corrected chi connectivity index (χ4v) is 3.51. The second kappa shape index (κ2) is 8.85. The number of hydrogen-bond acceptors (Lipinski definition) is 3. The number of aromatic amines is 2. The quantitative estimate of drug-likeness (QED) is 0.705. The van der Waals surface area contributed by atoms with E-state index >= 15 is 0 Å². The Labute approximate surface area is 154 Å². The van der Waals surface area contributed by atoms with Crippen molar-refractivity contribution in [3.63, 3.8) is 0 Å². The summed E-state index contributed by atoms with van der Waals surface area (Å²) in [5.41, 5.74) is 2.44. The number of aromatic nitrogens is 2. The van der Waals surface area contributed by atoms with Crippen LogP contribution >= 0.6 is 0 Å². The Morgan fingerprint density at radius 3 is 2.58 bits per heavy atom. The van der Waals surface area contributed by atoms with Crippen LogP contribution in [0.15, 0.2) is 35.1 Å². The van der Waals surface area contributed by atoms with Gasteiger partial charge in [-0.25, -0.2) is 0 Å². The first-order valence-corrected chi connectivity index (χ1v) is 9.41. The third-order valence-electron chi connectivity index (χ3n) is 5.28. The van der Waals surface area contributed by atoms with Crippen LogP contribution in [-0.4, -0.2) is 47.2 Å². The van der Waals surface area contributed by atoms with Gasteiger partial charge in [-0.3, -0.25) is 14.7 Å². The molecular weight excluding hydrogens is 328 g/mol. The average molecular weight is 356 g/mol. The summed E-state index contributed by atoms with van der Waals surface area (Å²) in [5, 5.41) is 8.26. The Hall–Kier alpha value is -2.34. The first-order valence-electron chi connectivity index (χ1n) is 9.41. The SMILES string of the molecule is Cc1[nH][nH]c(=O)c1CC(=O)NCC1CCN(CCc2ccccc2)CC1. The van der Waals surface area contributed by atoms with Gasteiger partial charge in [0.2, 0.25) is 5.91 Å². The first-order chi connectivity index (χ1) is 12.6. The van der Waals surface area contributed by atoms with Crippen molar-refractivity contribution in [1.29, 1.82) is 0 Å². The maximum Gasteiger partial charge on any atom is 0.267 e. The van der Waals surface area contributed by atoms with Gasteiger partial charge in [0.25, 0.3) is 5.56 Å². The molecule has 0 bridgehead atoms. The molecule has 6 nitrogen and oxygen atoms in total. The van der Waals surface area contributed by atoms with Gasteiger partial charge in [0.1, 0.15) is 0 Å². The number of amides is 1. The molecule has 2 aromatic rings. The molecule has 1 fully saturated rings. The van der Waals surface area contributed by atoms with Crippen molar-refractivity contribution >= 4 is 5.91 Å². The molecule has 0 aliphatic carbocycles. The summed E-state index contributed by atoms with van der Waals surface area (Å²) in [4.78, 5) is 26.2. The zero-order valence-corrected chi connectivity index (χ0v) is 15.4. The highest BCUT2D eigenvalue weighted by atomic mass is 16.2. The van der Waals surface area contributed by atoms with Crippen LogP contribution in [0.1, 0.15) is 29.7 Å². The maximum atomic E-state index is 12.1. The lowest BCUT2D eigenvalue weighted by molar-refractivity contribution is -0.120. The van der Waals surface area contributed by atoms with E-state index in [9.17, 15) is 9.59 Å². The topological polar surface area (TPSA) is 81.0 Å². The van der Waals surface area contributed by atoms with Crippen LogP contribution in [0.2, 0.25) is 0 Å². The Morgan fingerprint density at radius 1 is 1.19 bits per heavy atom. The average Bonchev–Trinajstić information content (AvgIpc) is 2.98. The van der Waals surface area contributed by atoms with Crippen molar-refractivity contribution in [2.45, 2.75) is 32.6 Å². The summed E-state index contributed by atoms with van der Waals surface area (Å²) in [5.74, 6) is 0.447. The van der Waals surface area contributed by atoms with E-state index < -0.39 is 0 Å². The number of carbonyl (C=O) groups excluding carboxylic acids is 1. The lowest BCUT2D eigenvalue weighted by Gasteiger charge is -2.32. The van der Waals surface area contributed by atoms with Gasteiger partial charge in [-0.2, -0.15) is 0 Å². The predicted molar refractivity (Wildman–Crippen MR) is 102 cm³/mol. The summed E-state index contributed by atoms with van der Waals surface area (Å²) >= 11 is 0. The summed E-state index contributed by atoms with van der Waals surface area (Å²) in [6.45, 7) is 5.77. The molecular formula is C20H28N4O2. The fraction of sp³-hybridized carbons (Fsp3) is 0.500. The number of benzene rings is 1. The summed E-state index contributed by atoms with van der Waals surface area (Å²) in [6, 6.07) is 10.6. The number of aryl methyl sites for hydroxylation is 1. The van der Waals surface area contributed by atoms with Crippen molar-refractivity contribution in [1.82, 2.24) is 20.4 Å². The monoisotopic (exact) mass is 356 g/mol. The summed E-state index contributed by atoms with van der Waals surface area (Å²) in [6.07, 6.45) is 3.45. The van der Waals surface area contributed by atoms with Crippen LogP contribution in [0.3, 0.4) is 0 Å². The molecule has 140 valence electrons. The number of hydrogen-bond donors (Lipinski definition) is 3. The van der Waals surface area contributed by atoms with Crippen molar-refractivity contribution in [2.24, 2.45) is 5.92 Å². The van der Waals surface area contributed by atoms with Crippen LogP contribution in [0.4, 0.5) is 0 Å². The minimum atomic E-state index is -0.204. The molecule has 26 heavy (non-hydrogen) atoms. The number of carbonyl (C=O) groups is 1. The Bertz CT molecular complexity index is 758. The van der Waals surface area contributed by atoms with E-state index in [2.05, 4.69) is 50.7 Å². The van der Waals surface area contributed by atoms with Crippen LogP contribution in [0, 0.1) is 12.8 Å². The normalized spacial score (nSPS) is 15.9. The summed E-state index contributed by atoms with van der Waals surface area (Å²) in [7, 11) is 0. The molecule has 0 atom stereocenters. The van der Waals surface area contributed by atoms with E-state index in [1.807, 2.05) is 0 Å². The number of piperidine rings is 1. The third kappa shape index (κ3) is 5.08. The second-order valence-electron chi connectivity index (χ2n) is 7.18. The molecule has 0 radical (unpaired) electrons. The minimum Gasteiger partial charge on any atom is -0.356 e. The fourth-order valence-electron chi connectivity index (χ4n) is 3.51. The lowest BCUT2D eigenvalue weighted by atomic mass is 9.96. The molecule has 1 saturated heterocycles. The third-order valence-corrected chi connectivity index (χ3v) is 5.28. The van der Waals surface area contributed by atoms with Crippen molar-refractivity contribution in [3.05, 3.63) is 57.5 Å². The van der Waals surface area contributed by atoms with Crippen LogP contribution in [0.25, 0.3) is 0 Å². The molecule has 3 rings (SSSR count). The molecule has 1 aromatic heterocycles. The molecule has 1 aliphatic heterocycles. The molecule has 2 heterocycles. The van der Waals surface area contributed by atoms with Gasteiger partial charge in [0.15, 0.2) is 0 Å². The van der Waals surface area contributed by atoms with Gasteiger partial charge in [-0.15, -0.1) is 0 Å². The highest BCUT2D eigenvalue weighted by molar-refractivity contribution is 5.78. The standard InChI is InChI=1S/C20H28N4O2/c1-15-18(20(26)23-22-15)13-19(25)21-14-17-8-11-24(12-9-17)10-7-16-5-3-2-4-6-16/h2-6,17H,7-14H2,1H3,(H,21,25)(H2,22,23,26). The van der Waals surface area contributed by atoms with Gasteiger partial charge in [0, 0.05) is 24.3 Å². The van der Waals surface area contributed by atoms with E-state index in [4.69, 9.17) is 0 Å². The summed E-state index contributed by atoms with van der Waals surface area (Å²) < 4.78 is 0. The minimum absolute atomic E-state index is 0.0790. The van der Waals surface area contributed by atoms with Gasteiger partial charge in [-0.1, -0.05) is 30.3 Å². The molecule has 1 aromatic carbocycles. The molecule has 0 saturated carbocycles. The van der Waals surface area contributed by atoms with Gasteiger partial charge in [0.05, 0.1) is 6.42 Å². The van der Waals surface area contributed by atoms with Crippen LogP contribution in [0.5, 0.6) is 0 Å². The second-order valence-corrected chi connectivity index (χ2v) is 7.18. The zero-order valence-electron chi connectivity index (χ0n) is 15.4. The number of nitrogens with one attached hydrogen (secondary N) is 3. The van der Waals surface area contributed by atoms with E-state index in [0.29, 0.717) is 18.0 Å². The molecule has 6 heteroatoms. The number of rotatable bonds is 7. The predicted octanol–water partition coefficient (Wildman–Crippen LogP) is 1.62. The van der Waals surface area contributed by atoms with Gasteiger partial charge >= 0.3 is 0 Å². The van der Waals surface area contributed by atoms with E-state index in [-0.39, 0.29) is 17.9 Å². The Kier molecular flexibility index (Phi) is 6.28. The molecule has 3 N–H and O–H groups in total. The molecule has 1 aliphatic rings. The number of nitrogens with zero attached hydrogens (tertiary/aromatic N) is 1. The van der Waals surface area contributed by atoms with Crippen molar-refractivity contribution in [2.75, 3.05) is 26.2 Å². The number of likely N-dealkylation sites (tertiary alicyclic amines) is 1. The van der Waals surface area contributed by atoms with Crippen LogP contribution in [-0.2, 0) is 17.6 Å². The van der Waals surface area contributed by atoms with Gasteiger partial charge in [-0.05, 0) is 50.8 Å². The maximum absolute atomic E-state index is 12.1. The molecule has 0 spiro atoms. The number of H-pyrrole nitrogens is 2. The van der Waals surface area contributed by atoms with E-state index in [1.165, 1.54) is 5.56 Å². The molecule has 1 amide bonds. The first kappa shape index (κ1) is 18.5. The zero-order chi connectivity index (χ0) is 18.4. The van der Waals surface area contributed by atoms with Crippen LogP contribution < -0.4 is 10.9 Å². The van der Waals surface area contributed by atoms with Gasteiger partial charge < -0.3 is 15.3 Å². The molecule has 0 unspecified atom stereocenters.